The van der Waals surface area contributed by atoms with Crippen molar-refractivity contribution in [2.75, 3.05) is 26.2 Å². The minimum absolute atomic E-state index is 0.0716. The predicted octanol–water partition coefficient (Wildman–Crippen LogP) is 0.880. The molecule has 0 spiro atoms. The van der Waals surface area contributed by atoms with Crippen molar-refractivity contribution < 1.29 is 14.4 Å². The molecule has 106 valence electrons. The lowest BCUT2D eigenvalue weighted by atomic mass is 10.3. The Kier molecular flexibility index (Phi) is 4.85. The van der Waals surface area contributed by atoms with E-state index in [1.165, 1.54) is 18.7 Å². The molecule has 0 N–H and O–H groups in total. The number of carbonyl (C=O) groups is 3. The van der Waals surface area contributed by atoms with Crippen molar-refractivity contribution in [1.82, 2.24) is 9.80 Å². The molecule has 19 heavy (non-hydrogen) atoms. The van der Waals surface area contributed by atoms with E-state index < -0.39 is 0 Å². The summed E-state index contributed by atoms with van der Waals surface area (Å²) < 4.78 is 0. The lowest BCUT2D eigenvalue weighted by molar-refractivity contribution is -0.128. The molecule has 0 aliphatic carbocycles. The summed E-state index contributed by atoms with van der Waals surface area (Å²) in [6.07, 6.45) is 2.92. The van der Waals surface area contributed by atoms with Crippen molar-refractivity contribution >= 4 is 28.7 Å². The van der Waals surface area contributed by atoms with Crippen molar-refractivity contribution in [1.29, 1.82) is 0 Å². The molecule has 0 saturated carbocycles. The summed E-state index contributed by atoms with van der Waals surface area (Å²) in [6.45, 7) is 4.49. The maximum absolute atomic E-state index is 11.8. The van der Waals surface area contributed by atoms with Crippen LogP contribution in [0.2, 0.25) is 0 Å². The highest BCUT2D eigenvalue weighted by molar-refractivity contribution is 8.14. The number of carbonyl (C=O) groups excluding carboxylic acids is 3. The van der Waals surface area contributed by atoms with Gasteiger partial charge in [-0.1, -0.05) is 11.8 Å². The Balaban J connectivity index is 1.70. The Hall–Kier alpha value is -1.04. The molecule has 0 radical (unpaired) electrons. The molecular weight excluding hydrogens is 264 g/mol. The quantitative estimate of drug-likeness (QED) is 0.752. The molecule has 0 aromatic heterocycles. The normalized spacial score (nSPS) is 23.5. The number of likely N-dealkylation sites (tertiary alicyclic amines) is 2. The van der Waals surface area contributed by atoms with Crippen LogP contribution in [0, 0.1) is 0 Å². The van der Waals surface area contributed by atoms with Crippen LogP contribution in [0.5, 0.6) is 0 Å². The van der Waals surface area contributed by atoms with E-state index in [2.05, 4.69) is 0 Å². The number of amides is 2. The molecule has 1 atom stereocenters. The van der Waals surface area contributed by atoms with Crippen LogP contribution in [0.1, 0.15) is 32.6 Å². The van der Waals surface area contributed by atoms with Crippen molar-refractivity contribution in [3.8, 4) is 0 Å². The predicted molar refractivity (Wildman–Crippen MR) is 73.7 cm³/mol. The summed E-state index contributed by atoms with van der Waals surface area (Å²) in [5.74, 6) is 0.365. The van der Waals surface area contributed by atoms with Crippen molar-refractivity contribution in [2.24, 2.45) is 0 Å². The molecule has 2 saturated heterocycles. The van der Waals surface area contributed by atoms with Gasteiger partial charge in [-0.3, -0.25) is 14.4 Å². The number of thioether (sulfide) groups is 1. The minimum atomic E-state index is 0.0716. The molecule has 5 nitrogen and oxygen atoms in total. The highest BCUT2D eigenvalue weighted by Crippen LogP contribution is 2.24. The molecule has 2 heterocycles. The number of hydrogen-bond donors (Lipinski definition) is 0. The van der Waals surface area contributed by atoms with E-state index in [9.17, 15) is 14.4 Å². The summed E-state index contributed by atoms with van der Waals surface area (Å²) in [6, 6.07) is 0. The van der Waals surface area contributed by atoms with E-state index in [0.717, 1.165) is 25.9 Å². The fourth-order valence-corrected chi connectivity index (χ4v) is 3.61. The molecule has 1 unspecified atom stereocenters. The van der Waals surface area contributed by atoms with E-state index in [1.807, 2.05) is 9.80 Å². The standard InChI is InChI=1S/C13H20N2O3S/c1-10(16)19-11-8-13(18)15(9-11)7-3-6-14-5-2-4-12(14)17/h11H,2-9H2,1H3. The molecule has 0 aromatic rings. The first-order chi connectivity index (χ1) is 9.06. The highest BCUT2D eigenvalue weighted by atomic mass is 32.2. The van der Waals surface area contributed by atoms with Gasteiger partial charge in [0.25, 0.3) is 0 Å². The van der Waals surface area contributed by atoms with Crippen molar-refractivity contribution in [2.45, 2.75) is 37.9 Å². The molecule has 0 aromatic carbocycles. The first-order valence-electron chi connectivity index (χ1n) is 6.79. The maximum Gasteiger partial charge on any atom is 0.223 e. The van der Waals surface area contributed by atoms with Gasteiger partial charge in [0.05, 0.1) is 0 Å². The van der Waals surface area contributed by atoms with Gasteiger partial charge in [0.15, 0.2) is 5.12 Å². The van der Waals surface area contributed by atoms with Crippen LogP contribution >= 0.6 is 11.8 Å². The molecule has 2 aliphatic rings. The lowest BCUT2D eigenvalue weighted by Crippen LogP contribution is -2.31. The van der Waals surface area contributed by atoms with Crippen molar-refractivity contribution in [3.05, 3.63) is 0 Å². The Morgan fingerprint density at radius 1 is 1.26 bits per heavy atom. The van der Waals surface area contributed by atoms with Crippen LogP contribution < -0.4 is 0 Å². The molecule has 6 heteroatoms. The fourth-order valence-electron chi connectivity index (χ4n) is 2.66. The third-order valence-corrected chi connectivity index (χ3v) is 4.52. The Morgan fingerprint density at radius 3 is 2.63 bits per heavy atom. The van der Waals surface area contributed by atoms with Gasteiger partial charge >= 0.3 is 0 Å². The third kappa shape index (κ3) is 3.96. The zero-order chi connectivity index (χ0) is 13.8. The Bertz CT molecular complexity index is 386. The van der Waals surface area contributed by atoms with E-state index in [4.69, 9.17) is 0 Å². The SMILES string of the molecule is CC(=O)SC1CC(=O)N(CCCN2CCCC2=O)C1. The van der Waals surface area contributed by atoms with Gasteiger partial charge in [0, 0.05) is 51.2 Å². The van der Waals surface area contributed by atoms with Gasteiger partial charge in [-0.15, -0.1) is 0 Å². The summed E-state index contributed by atoms with van der Waals surface area (Å²) in [7, 11) is 0. The van der Waals surface area contributed by atoms with Gasteiger partial charge in [0.1, 0.15) is 0 Å². The zero-order valence-electron chi connectivity index (χ0n) is 11.3. The lowest BCUT2D eigenvalue weighted by Gasteiger charge is -2.19. The van der Waals surface area contributed by atoms with E-state index >= 15 is 0 Å². The topological polar surface area (TPSA) is 57.7 Å². The van der Waals surface area contributed by atoms with Gasteiger partial charge in [-0.2, -0.15) is 0 Å². The number of rotatable bonds is 5. The summed E-state index contributed by atoms with van der Waals surface area (Å²) in [4.78, 5) is 37.9. The van der Waals surface area contributed by atoms with Crippen LogP contribution in [-0.4, -0.2) is 58.2 Å². The third-order valence-electron chi connectivity index (χ3n) is 3.54. The van der Waals surface area contributed by atoms with Crippen LogP contribution in [0.15, 0.2) is 0 Å². The van der Waals surface area contributed by atoms with Gasteiger partial charge in [-0.05, 0) is 12.8 Å². The smallest absolute Gasteiger partial charge is 0.223 e. The average molecular weight is 284 g/mol. The second kappa shape index (κ2) is 6.41. The summed E-state index contributed by atoms with van der Waals surface area (Å²) >= 11 is 1.26. The van der Waals surface area contributed by atoms with Gasteiger partial charge in [0.2, 0.25) is 11.8 Å². The first-order valence-corrected chi connectivity index (χ1v) is 7.67. The molecule has 2 fully saturated rings. The van der Waals surface area contributed by atoms with E-state index in [1.54, 1.807) is 0 Å². The first kappa shape index (κ1) is 14.4. The molecule has 2 amide bonds. The Morgan fingerprint density at radius 2 is 2.00 bits per heavy atom. The fraction of sp³-hybridized carbons (Fsp3) is 0.769. The van der Waals surface area contributed by atoms with Crippen LogP contribution in [0.3, 0.4) is 0 Å². The van der Waals surface area contributed by atoms with Crippen LogP contribution in [0.4, 0.5) is 0 Å². The Labute approximate surface area is 117 Å². The van der Waals surface area contributed by atoms with Crippen LogP contribution in [0.25, 0.3) is 0 Å². The maximum atomic E-state index is 11.8. The average Bonchev–Trinajstić information content (AvgIpc) is 2.86. The van der Waals surface area contributed by atoms with Crippen molar-refractivity contribution in [3.63, 3.8) is 0 Å². The molecule has 0 bridgehead atoms. The molecule has 2 rings (SSSR count). The summed E-state index contributed by atoms with van der Waals surface area (Å²) in [5.41, 5.74) is 0. The zero-order valence-corrected chi connectivity index (χ0v) is 12.1. The minimum Gasteiger partial charge on any atom is -0.343 e. The highest BCUT2D eigenvalue weighted by Gasteiger charge is 2.30. The molecular formula is C13H20N2O3S. The summed E-state index contributed by atoms with van der Waals surface area (Å²) in [5, 5.41) is 0.181. The number of hydrogen-bond acceptors (Lipinski definition) is 4. The number of nitrogens with zero attached hydrogens (tertiary/aromatic N) is 2. The second-order valence-electron chi connectivity index (χ2n) is 5.11. The second-order valence-corrected chi connectivity index (χ2v) is 6.59. The van der Waals surface area contributed by atoms with E-state index in [-0.39, 0.29) is 22.2 Å². The van der Waals surface area contributed by atoms with Gasteiger partial charge < -0.3 is 9.80 Å². The van der Waals surface area contributed by atoms with E-state index in [0.29, 0.717) is 25.9 Å². The molecule has 2 aliphatic heterocycles. The largest absolute Gasteiger partial charge is 0.343 e. The van der Waals surface area contributed by atoms with Gasteiger partial charge in [-0.25, -0.2) is 0 Å². The van der Waals surface area contributed by atoms with Crippen LogP contribution in [-0.2, 0) is 14.4 Å². The monoisotopic (exact) mass is 284 g/mol.